The van der Waals surface area contributed by atoms with Gasteiger partial charge in [-0.3, -0.25) is 0 Å². The van der Waals surface area contributed by atoms with Crippen LogP contribution in [0.5, 0.6) is 0 Å². The molecular formula is C4H9BFS. The number of rotatable bonds is 2. The number of halogens is 1. The Morgan fingerprint density at radius 1 is 1.57 bits per heavy atom. The molecule has 0 amide bonds. The van der Waals surface area contributed by atoms with Gasteiger partial charge < -0.3 is 0 Å². The van der Waals surface area contributed by atoms with Gasteiger partial charge in [-0.2, -0.15) is 11.6 Å². The van der Waals surface area contributed by atoms with Crippen molar-refractivity contribution in [2.45, 2.75) is 25.7 Å². The monoisotopic (exact) mass is 119 g/mol. The summed E-state index contributed by atoms with van der Waals surface area (Å²) in [5.41, 5.74) is 0. The summed E-state index contributed by atoms with van der Waals surface area (Å²) in [6, 6.07) is 0. The normalized spacial score (nSPS) is 11.4. The molecule has 0 aromatic carbocycles. The first kappa shape index (κ1) is 7.34. The number of hydrogen-bond donors (Lipinski definition) is 0. The van der Waals surface area contributed by atoms with E-state index in [-0.39, 0.29) is 0 Å². The maximum atomic E-state index is 12.3. The van der Waals surface area contributed by atoms with E-state index in [1.165, 1.54) is 25.5 Å². The largest absolute Gasteiger partial charge is 0.234 e. The van der Waals surface area contributed by atoms with Crippen LogP contribution in [-0.4, -0.2) is 11.6 Å². The molecule has 0 atom stereocenters. The third-order valence-electron chi connectivity index (χ3n) is 0.398. The average molecular weight is 119 g/mol. The summed E-state index contributed by atoms with van der Waals surface area (Å²) in [7, 11) is 0. The lowest BCUT2D eigenvalue weighted by atomic mass is 10.2. The van der Waals surface area contributed by atoms with Crippen molar-refractivity contribution < 1.29 is 4.39 Å². The van der Waals surface area contributed by atoms with E-state index in [0.29, 0.717) is 0 Å². The Hall–Kier alpha value is 0.345. The molecule has 0 N–H and O–H groups in total. The zero-order valence-corrected chi connectivity index (χ0v) is 5.68. The first-order valence-electron chi connectivity index (χ1n) is 2.21. The Labute approximate surface area is 49.0 Å². The van der Waals surface area contributed by atoms with E-state index in [2.05, 4.69) is 0 Å². The molecule has 0 aliphatic carbocycles. The molecule has 7 heavy (non-hydrogen) atoms. The zero-order valence-electron chi connectivity index (χ0n) is 4.86. The Morgan fingerprint density at radius 2 is 2.00 bits per heavy atom. The zero-order chi connectivity index (χ0) is 5.91. The standard InChI is InChI=1S/C4H9BFS/c1-4(2,6)7-5-3/h1-3H3. The van der Waals surface area contributed by atoms with Gasteiger partial charge >= 0.3 is 0 Å². The smallest absolute Gasteiger partial charge is 0.192 e. The van der Waals surface area contributed by atoms with Crippen molar-refractivity contribution in [3.05, 3.63) is 0 Å². The predicted octanol–water partition coefficient (Wildman–Crippen LogP) is 2.09. The van der Waals surface area contributed by atoms with Crippen LogP contribution in [0.2, 0.25) is 6.82 Å². The molecule has 0 aromatic heterocycles. The highest BCUT2D eigenvalue weighted by Crippen LogP contribution is 2.23. The van der Waals surface area contributed by atoms with Gasteiger partial charge in [-0.25, -0.2) is 4.39 Å². The second-order valence-electron chi connectivity index (χ2n) is 1.72. The highest BCUT2D eigenvalue weighted by molar-refractivity contribution is 8.23. The van der Waals surface area contributed by atoms with Gasteiger partial charge in [0.1, 0.15) is 5.00 Å². The molecule has 0 aliphatic heterocycles. The van der Waals surface area contributed by atoms with E-state index in [1.54, 1.807) is 6.56 Å². The van der Waals surface area contributed by atoms with Gasteiger partial charge in [0, 0.05) is 0 Å². The van der Waals surface area contributed by atoms with E-state index in [4.69, 9.17) is 0 Å². The molecule has 0 aromatic rings. The quantitative estimate of drug-likeness (QED) is 0.501. The van der Waals surface area contributed by atoms with Crippen LogP contribution in [0.25, 0.3) is 0 Å². The molecule has 0 heterocycles. The van der Waals surface area contributed by atoms with E-state index in [1.807, 2.05) is 6.82 Å². The summed E-state index contributed by atoms with van der Waals surface area (Å²) in [4.78, 5) is 0. The van der Waals surface area contributed by atoms with Crippen molar-refractivity contribution in [1.29, 1.82) is 0 Å². The molecule has 1 radical (unpaired) electrons. The lowest BCUT2D eigenvalue weighted by molar-refractivity contribution is 0.348. The van der Waals surface area contributed by atoms with Crippen molar-refractivity contribution in [3.8, 4) is 0 Å². The predicted molar refractivity (Wildman–Crippen MR) is 34.4 cm³/mol. The van der Waals surface area contributed by atoms with Gasteiger partial charge in [0.15, 0.2) is 6.56 Å². The first-order chi connectivity index (χ1) is 3.06. The fourth-order valence-electron chi connectivity index (χ4n) is 0.280. The van der Waals surface area contributed by atoms with E-state index < -0.39 is 5.00 Å². The van der Waals surface area contributed by atoms with E-state index >= 15 is 0 Å². The van der Waals surface area contributed by atoms with E-state index in [9.17, 15) is 4.39 Å². The Bertz CT molecular complexity index is 50.1. The van der Waals surface area contributed by atoms with Gasteiger partial charge in [0.05, 0.1) is 0 Å². The summed E-state index contributed by atoms with van der Waals surface area (Å²) >= 11 is 1.20. The molecule has 0 nitrogen and oxygen atoms in total. The Kier molecular flexibility index (Phi) is 2.73. The molecule has 3 heteroatoms. The molecule has 0 fully saturated rings. The van der Waals surface area contributed by atoms with Gasteiger partial charge in [0.2, 0.25) is 0 Å². The molecular weight excluding hydrogens is 110 g/mol. The SMILES string of the molecule is C[B]SC(C)(C)F. The number of alkyl halides is 1. The van der Waals surface area contributed by atoms with Crippen LogP contribution < -0.4 is 0 Å². The summed E-state index contributed by atoms with van der Waals surface area (Å²) in [6.45, 7) is 6.65. The topological polar surface area (TPSA) is 0 Å². The molecule has 0 aliphatic rings. The van der Waals surface area contributed by atoms with Gasteiger partial charge in [-0.05, 0) is 13.8 Å². The molecule has 0 spiro atoms. The summed E-state index contributed by atoms with van der Waals surface area (Å²) in [5, 5.41) is -1.09. The van der Waals surface area contributed by atoms with Gasteiger partial charge in [0.25, 0.3) is 0 Å². The Morgan fingerprint density at radius 3 is 2.00 bits per heavy atom. The first-order valence-corrected chi connectivity index (χ1v) is 3.09. The Balaban J connectivity index is 3.15. The molecule has 0 saturated carbocycles. The average Bonchev–Trinajstić information content (AvgIpc) is 1.30. The maximum absolute atomic E-state index is 12.3. The third kappa shape index (κ3) is 6.34. The van der Waals surface area contributed by atoms with Crippen molar-refractivity contribution in [3.63, 3.8) is 0 Å². The van der Waals surface area contributed by atoms with Crippen molar-refractivity contribution in [2.24, 2.45) is 0 Å². The summed E-state index contributed by atoms with van der Waals surface area (Å²) in [5.74, 6) is 0. The fourth-order valence-corrected chi connectivity index (χ4v) is 0.841. The highest BCUT2D eigenvalue weighted by atomic mass is 32.2. The van der Waals surface area contributed by atoms with E-state index in [0.717, 1.165) is 0 Å². The second-order valence-corrected chi connectivity index (χ2v) is 3.39. The van der Waals surface area contributed by atoms with Crippen LogP contribution in [0.3, 0.4) is 0 Å². The second kappa shape index (κ2) is 2.60. The van der Waals surface area contributed by atoms with Crippen LogP contribution in [0.4, 0.5) is 4.39 Å². The minimum absolute atomic E-state index is 1.09. The van der Waals surface area contributed by atoms with Crippen LogP contribution >= 0.6 is 11.6 Å². The minimum atomic E-state index is -1.09. The number of hydrogen-bond acceptors (Lipinski definition) is 1. The molecule has 0 saturated heterocycles. The summed E-state index contributed by atoms with van der Waals surface area (Å²) < 4.78 is 12.3. The van der Waals surface area contributed by atoms with Crippen LogP contribution in [-0.2, 0) is 0 Å². The lowest BCUT2D eigenvalue weighted by Gasteiger charge is -2.10. The highest BCUT2D eigenvalue weighted by Gasteiger charge is 2.12. The van der Waals surface area contributed by atoms with Crippen molar-refractivity contribution in [1.82, 2.24) is 0 Å². The maximum Gasteiger partial charge on any atom is 0.192 e. The molecule has 0 unspecified atom stereocenters. The summed E-state index contributed by atoms with van der Waals surface area (Å²) in [6.07, 6.45) is 0. The van der Waals surface area contributed by atoms with Crippen LogP contribution in [0.15, 0.2) is 0 Å². The van der Waals surface area contributed by atoms with Crippen LogP contribution in [0.1, 0.15) is 13.8 Å². The lowest BCUT2D eigenvalue weighted by Crippen LogP contribution is -2.05. The van der Waals surface area contributed by atoms with Gasteiger partial charge in [-0.1, -0.05) is 6.82 Å². The van der Waals surface area contributed by atoms with Crippen molar-refractivity contribution in [2.75, 3.05) is 0 Å². The van der Waals surface area contributed by atoms with Gasteiger partial charge in [-0.15, -0.1) is 0 Å². The van der Waals surface area contributed by atoms with Crippen molar-refractivity contribution >= 4 is 18.2 Å². The molecule has 0 bridgehead atoms. The minimum Gasteiger partial charge on any atom is -0.234 e. The van der Waals surface area contributed by atoms with Crippen LogP contribution in [0, 0.1) is 0 Å². The molecule has 41 valence electrons. The fraction of sp³-hybridized carbons (Fsp3) is 1.00. The third-order valence-corrected chi connectivity index (χ3v) is 1.19. The molecule has 0 rings (SSSR count).